The number of Topliss-reactive ketones (excluding diaryl/α,β-unsaturated/α-hetero) is 1. The molecule has 284 valence electrons. The first-order valence-electron chi connectivity index (χ1n) is 18.6. The number of fused-ring (bicyclic) bond motifs is 1. The van der Waals surface area contributed by atoms with E-state index < -0.39 is 10.0 Å². The van der Waals surface area contributed by atoms with E-state index in [0.717, 1.165) is 72.9 Å². The number of rotatable bonds is 17. The van der Waals surface area contributed by atoms with Crippen LogP contribution in [0.4, 0.5) is 5.69 Å². The van der Waals surface area contributed by atoms with Gasteiger partial charge in [0, 0.05) is 46.4 Å². The molecule has 3 aromatic carbocycles. The number of hydrogen-bond donors (Lipinski definition) is 1. The minimum absolute atomic E-state index is 0.0185. The molecule has 1 amide bonds. The van der Waals surface area contributed by atoms with Gasteiger partial charge in [0.2, 0.25) is 10.0 Å². The molecule has 1 heterocycles. The minimum Gasteiger partial charge on any atom is -0.466 e. The Morgan fingerprint density at radius 2 is 1.57 bits per heavy atom. The molecule has 0 saturated heterocycles. The number of nitrogens with one attached hydrogen (secondary N) is 1. The van der Waals surface area contributed by atoms with E-state index in [1.807, 2.05) is 36.4 Å². The number of ketones is 1. The Morgan fingerprint density at radius 3 is 2.24 bits per heavy atom. The van der Waals surface area contributed by atoms with E-state index in [0.29, 0.717) is 28.1 Å². The number of aryl methyl sites for hydroxylation is 3. The van der Waals surface area contributed by atoms with Gasteiger partial charge in [-0.2, -0.15) is 4.31 Å². The van der Waals surface area contributed by atoms with Crippen molar-refractivity contribution in [3.63, 3.8) is 0 Å². The molecule has 54 heavy (non-hydrogen) atoms. The lowest BCUT2D eigenvalue weighted by molar-refractivity contribution is -0.143. The predicted molar refractivity (Wildman–Crippen MR) is 208 cm³/mol. The Labute approximate surface area is 320 Å². The summed E-state index contributed by atoms with van der Waals surface area (Å²) in [5.41, 5.74) is 5.18. The summed E-state index contributed by atoms with van der Waals surface area (Å²) in [6.45, 7) is 2.20. The first-order chi connectivity index (χ1) is 26.1. The Morgan fingerprint density at radius 1 is 0.889 bits per heavy atom. The van der Waals surface area contributed by atoms with Crippen LogP contribution in [0.3, 0.4) is 0 Å². The Kier molecular flexibility index (Phi) is 12.8. The number of methoxy groups -OCH3 is 1. The van der Waals surface area contributed by atoms with Crippen LogP contribution in [-0.2, 0) is 56.4 Å². The van der Waals surface area contributed by atoms with Crippen LogP contribution in [0.15, 0.2) is 77.7 Å². The van der Waals surface area contributed by atoms with Crippen LogP contribution in [-0.4, -0.2) is 62.7 Å². The molecule has 0 aliphatic heterocycles. The third kappa shape index (κ3) is 9.52. The van der Waals surface area contributed by atoms with Crippen LogP contribution in [0, 0.1) is 0 Å². The Bertz CT molecular complexity index is 2100. The molecule has 0 spiro atoms. The number of ether oxygens (including phenoxy) is 2. The number of sulfonamides is 1. The summed E-state index contributed by atoms with van der Waals surface area (Å²) >= 11 is 1.50. The van der Waals surface area contributed by atoms with Crippen LogP contribution in [0.25, 0.3) is 0 Å². The van der Waals surface area contributed by atoms with Gasteiger partial charge < -0.3 is 14.8 Å². The number of amides is 1. The standard InChI is InChI=1S/C42H46N2O8S2/c1-3-52-39(46)12-7-25-44(33-23-24-33)54(49,50)34-9-6-8-31(26-34)36(45)27-38-40(35-10-4-5-11-37(35)53-38)41(47)43-32-21-17-29(18-22-32)14-13-28-15-19-30(20-16-28)42(48)51-2/h6,8-9,15-22,26,33H,3-5,7,10-14,23-25,27H2,1-2H3,(H,43,47). The lowest BCUT2D eigenvalue weighted by Crippen LogP contribution is -2.34. The van der Waals surface area contributed by atoms with Gasteiger partial charge in [0.1, 0.15) is 0 Å². The number of anilines is 1. The van der Waals surface area contributed by atoms with Gasteiger partial charge in [-0.3, -0.25) is 14.4 Å². The number of carbonyl (C=O) groups excluding carboxylic acids is 4. The largest absolute Gasteiger partial charge is 0.466 e. The van der Waals surface area contributed by atoms with Crippen molar-refractivity contribution in [1.82, 2.24) is 4.31 Å². The number of benzene rings is 3. The third-order valence-corrected chi connectivity index (χ3v) is 13.1. The lowest BCUT2D eigenvalue weighted by Gasteiger charge is -2.22. The molecular formula is C42H46N2O8S2. The molecule has 10 nitrogen and oxygen atoms in total. The first kappa shape index (κ1) is 39.1. The summed E-state index contributed by atoms with van der Waals surface area (Å²) in [6.07, 6.45) is 7.16. The molecule has 2 aliphatic rings. The van der Waals surface area contributed by atoms with Crippen molar-refractivity contribution >= 4 is 50.7 Å². The quantitative estimate of drug-likeness (QED) is 0.0869. The van der Waals surface area contributed by atoms with Crippen LogP contribution in [0.2, 0.25) is 0 Å². The van der Waals surface area contributed by atoms with E-state index in [4.69, 9.17) is 9.47 Å². The molecular weight excluding hydrogens is 725 g/mol. The van der Waals surface area contributed by atoms with Crippen molar-refractivity contribution in [2.75, 3.05) is 25.6 Å². The second-order valence-electron chi connectivity index (χ2n) is 13.7. The molecule has 1 fully saturated rings. The highest BCUT2D eigenvalue weighted by atomic mass is 32.2. The number of carbonyl (C=O) groups is 4. The topological polar surface area (TPSA) is 136 Å². The van der Waals surface area contributed by atoms with Gasteiger partial charge in [-0.25, -0.2) is 13.2 Å². The monoisotopic (exact) mass is 770 g/mol. The van der Waals surface area contributed by atoms with Crippen LogP contribution in [0.1, 0.15) is 103 Å². The minimum atomic E-state index is -3.91. The first-order valence-corrected chi connectivity index (χ1v) is 20.8. The number of hydrogen-bond acceptors (Lipinski definition) is 9. The summed E-state index contributed by atoms with van der Waals surface area (Å²) in [7, 11) is -2.55. The van der Waals surface area contributed by atoms with Crippen LogP contribution in [0.5, 0.6) is 0 Å². The molecule has 0 bridgehead atoms. The van der Waals surface area contributed by atoms with Gasteiger partial charge in [-0.05, 0) is 118 Å². The van der Waals surface area contributed by atoms with Crippen molar-refractivity contribution in [2.45, 2.75) is 88.5 Å². The zero-order valence-electron chi connectivity index (χ0n) is 30.7. The number of esters is 2. The van der Waals surface area contributed by atoms with Crippen LogP contribution < -0.4 is 5.32 Å². The summed E-state index contributed by atoms with van der Waals surface area (Å²) in [5.74, 6) is -1.23. The van der Waals surface area contributed by atoms with Crippen molar-refractivity contribution in [3.05, 3.63) is 116 Å². The maximum absolute atomic E-state index is 13.9. The van der Waals surface area contributed by atoms with E-state index in [1.165, 1.54) is 34.9 Å². The molecule has 1 saturated carbocycles. The number of nitrogens with zero attached hydrogens (tertiary/aromatic N) is 1. The van der Waals surface area contributed by atoms with Crippen molar-refractivity contribution in [2.24, 2.45) is 0 Å². The fraction of sp³-hybridized carbons (Fsp3) is 0.381. The highest BCUT2D eigenvalue weighted by Gasteiger charge is 2.38. The van der Waals surface area contributed by atoms with Crippen LogP contribution >= 0.6 is 11.3 Å². The van der Waals surface area contributed by atoms with Crippen molar-refractivity contribution < 1.29 is 37.1 Å². The fourth-order valence-electron chi connectivity index (χ4n) is 6.86. The molecule has 1 N–H and O–H groups in total. The molecule has 12 heteroatoms. The second kappa shape index (κ2) is 17.7. The average molecular weight is 771 g/mol. The SMILES string of the molecule is CCOC(=O)CCCN(C1CC1)S(=O)(=O)c1cccc(C(=O)Cc2sc3c(c2C(=O)Nc2ccc(CCc4ccc(C(=O)OC)cc4)cc2)CCCC3)c1. The zero-order chi connectivity index (χ0) is 38.2. The predicted octanol–water partition coefficient (Wildman–Crippen LogP) is 7.37. The normalized spacial score (nSPS) is 14.0. The average Bonchev–Trinajstić information content (AvgIpc) is 3.95. The zero-order valence-corrected chi connectivity index (χ0v) is 32.4. The maximum atomic E-state index is 13.9. The van der Waals surface area contributed by atoms with Crippen molar-refractivity contribution in [1.29, 1.82) is 0 Å². The highest BCUT2D eigenvalue weighted by Crippen LogP contribution is 2.37. The maximum Gasteiger partial charge on any atom is 0.337 e. The van der Waals surface area contributed by atoms with Gasteiger partial charge in [0.25, 0.3) is 5.91 Å². The summed E-state index contributed by atoms with van der Waals surface area (Å²) in [5, 5.41) is 3.06. The van der Waals surface area contributed by atoms with E-state index >= 15 is 0 Å². The van der Waals surface area contributed by atoms with E-state index in [1.54, 1.807) is 31.2 Å². The van der Waals surface area contributed by atoms with Gasteiger partial charge >= 0.3 is 11.9 Å². The molecule has 1 aromatic heterocycles. The van der Waals surface area contributed by atoms with Crippen molar-refractivity contribution in [3.8, 4) is 0 Å². The Balaban J connectivity index is 1.13. The smallest absolute Gasteiger partial charge is 0.337 e. The number of thiophene rings is 1. The van der Waals surface area contributed by atoms with Gasteiger partial charge in [-0.1, -0.05) is 36.4 Å². The molecule has 6 rings (SSSR count). The fourth-order valence-corrected chi connectivity index (χ4v) is 10.0. The highest BCUT2D eigenvalue weighted by molar-refractivity contribution is 7.89. The summed E-state index contributed by atoms with van der Waals surface area (Å²) in [6, 6.07) is 21.1. The van der Waals surface area contributed by atoms with Gasteiger partial charge in [0.15, 0.2) is 5.78 Å². The van der Waals surface area contributed by atoms with Gasteiger partial charge in [0.05, 0.1) is 29.7 Å². The summed E-state index contributed by atoms with van der Waals surface area (Å²) in [4.78, 5) is 53.2. The third-order valence-electron chi connectivity index (χ3n) is 9.86. The van der Waals surface area contributed by atoms with Gasteiger partial charge in [-0.15, -0.1) is 11.3 Å². The second-order valence-corrected chi connectivity index (χ2v) is 16.8. The Hall–Kier alpha value is -4.65. The van der Waals surface area contributed by atoms with E-state index in [2.05, 4.69) is 5.32 Å². The lowest BCUT2D eigenvalue weighted by atomic mass is 9.93. The molecule has 0 unspecified atom stereocenters. The van der Waals surface area contributed by atoms with E-state index in [9.17, 15) is 27.6 Å². The summed E-state index contributed by atoms with van der Waals surface area (Å²) < 4.78 is 38.8. The molecule has 4 aromatic rings. The van der Waals surface area contributed by atoms with E-state index in [-0.39, 0.29) is 66.1 Å². The molecule has 0 atom stereocenters. The molecule has 2 aliphatic carbocycles. The molecule has 0 radical (unpaired) electrons.